The minimum atomic E-state index is -0.650. The molecule has 1 heterocycles. The lowest BCUT2D eigenvalue weighted by molar-refractivity contribution is -0.157. The van der Waals surface area contributed by atoms with Gasteiger partial charge in [-0.15, -0.1) is 0 Å². The molecule has 1 atom stereocenters. The molecule has 0 aromatic rings. The highest BCUT2D eigenvalue weighted by molar-refractivity contribution is 5.99. The molecule has 0 aromatic carbocycles. The molecule has 4 nitrogen and oxygen atoms in total. The quantitative estimate of drug-likeness (QED) is 0.785. The van der Waals surface area contributed by atoms with E-state index in [9.17, 15) is 9.59 Å². The molecule has 4 heteroatoms. The summed E-state index contributed by atoms with van der Waals surface area (Å²) >= 11 is 0. The number of piperazine rings is 1. The zero-order valence-corrected chi connectivity index (χ0v) is 10.8. The third kappa shape index (κ3) is 1.70. The van der Waals surface area contributed by atoms with Crippen LogP contribution < -0.4 is 5.32 Å². The molecule has 1 unspecified atom stereocenters. The number of nitrogens with one attached hydrogen (secondary N) is 1. The number of carbonyl (C=O) groups excluding carboxylic acids is 2. The topological polar surface area (TPSA) is 49.4 Å². The molecule has 1 rings (SSSR count). The van der Waals surface area contributed by atoms with Gasteiger partial charge in [0.2, 0.25) is 11.8 Å². The van der Waals surface area contributed by atoms with Crippen molar-refractivity contribution in [1.82, 2.24) is 10.2 Å². The van der Waals surface area contributed by atoms with E-state index in [1.54, 1.807) is 11.9 Å². The van der Waals surface area contributed by atoms with E-state index in [2.05, 4.69) is 5.32 Å². The first-order valence-electron chi connectivity index (χ1n) is 5.99. The number of likely N-dealkylation sites (N-methyl/N-ethyl adjacent to an activating group) is 1. The summed E-state index contributed by atoms with van der Waals surface area (Å²) in [7, 11) is 1.74. The van der Waals surface area contributed by atoms with Gasteiger partial charge in [-0.25, -0.2) is 0 Å². The highest BCUT2D eigenvalue weighted by Crippen LogP contribution is 2.28. The Labute approximate surface area is 97.4 Å². The van der Waals surface area contributed by atoms with E-state index in [0.717, 1.165) is 0 Å². The summed E-state index contributed by atoms with van der Waals surface area (Å²) in [5.74, 6) is 0.141. The smallest absolute Gasteiger partial charge is 0.246 e. The molecule has 0 saturated carbocycles. The summed E-state index contributed by atoms with van der Waals surface area (Å²) in [5, 5.41) is 2.86. The first-order valence-corrected chi connectivity index (χ1v) is 5.99. The molecule has 1 N–H and O–H groups in total. The number of hydrogen-bond donors (Lipinski definition) is 1. The van der Waals surface area contributed by atoms with Gasteiger partial charge in [-0.3, -0.25) is 9.59 Å². The number of carbonyl (C=O) groups is 2. The van der Waals surface area contributed by atoms with Crippen molar-refractivity contribution >= 4 is 11.8 Å². The van der Waals surface area contributed by atoms with Gasteiger partial charge >= 0.3 is 0 Å². The van der Waals surface area contributed by atoms with Crippen LogP contribution in [0, 0.1) is 5.92 Å². The normalized spacial score (nSPS) is 24.9. The average Bonchev–Trinajstić information content (AvgIpc) is 2.25. The van der Waals surface area contributed by atoms with Crippen molar-refractivity contribution in [3.05, 3.63) is 0 Å². The van der Waals surface area contributed by atoms with Gasteiger partial charge in [0.25, 0.3) is 0 Å². The van der Waals surface area contributed by atoms with Crippen molar-refractivity contribution < 1.29 is 9.59 Å². The van der Waals surface area contributed by atoms with Gasteiger partial charge in [0.15, 0.2) is 0 Å². The maximum absolute atomic E-state index is 12.2. The van der Waals surface area contributed by atoms with Crippen LogP contribution in [0.3, 0.4) is 0 Å². The Kier molecular flexibility index (Phi) is 3.61. The highest BCUT2D eigenvalue weighted by Gasteiger charge is 2.48. The summed E-state index contributed by atoms with van der Waals surface area (Å²) < 4.78 is 0. The van der Waals surface area contributed by atoms with Gasteiger partial charge in [-0.1, -0.05) is 27.7 Å². The fourth-order valence-corrected chi connectivity index (χ4v) is 2.41. The largest absolute Gasteiger partial charge is 0.342 e. The van der Waals surface area contributed by atoms with E-state index in [0.29, 0.717) is 12.8 Å². The Morgan fingerprint density at radius 3 is 2.19 bits per heavy atom. The zero-order valence-electron chi connectivity index (χ0n) is 10.8. The van der Waals surface area contributed by atoms with Crippen LogP contribution in [0.15, 0.2) is 0 Å². The van der Waals surface area contributed by atoms with Crippen molar-refractivity contribution in [3.63, 3.8) is 0 Å². The van der Waals surface area contributed by atoms with Crippen LogP contribution in [0.5, 0.6) is 0 Å². The van der Waals surface area contributed by atoms with E-state index >= 15 is 0 Å². The molecule has 0 spiro atoms. The molecular weight excluding hydrogens is 204 g/mol. The third-order valence-corrected chi connectivity index (χ3v) is 3.78. The van der Waals surface area contributed by atoms with Crippen LogP contribution in [0.4, 0.5) is 0 Å². The van der Waals surface area contributed by atoms with Crippen molar-refractivity contribution in [2.24, 2.45) is 5.92 Å². The van der Waals surface area contributed by atoms with E-state index in [4.69, 9.17) is 0 Å². The summed E-state index contributed by atoms with van der Waals surface area (Å²) in [6, 6.07) is -0.372. The monoisotopic (exact) mass is 226 g/mol. The third-order valence-electron chi connectivity index (χ3n) is 3.78. The zero-order chi connectivity index (χ0) is 12.5. The van der Waals surface area contributed by atoms with Crippen LogP contribution in [0.2, 0.25) is 0 Å². The summed E-state index contributed by atoms with van der Waals surface area (Å²) in [4.78, 5) is 25.9. The maximum Gasteiger partial charge on any atom is 0.246 e. The Morgan fingerprint density at radius 1 is 1.31 bits per heavy atom. The maximum atomic E-state index is 12.2. The Bertz CT molecular complexity index is 293. The lowest BCUT2D eigenvalue weighted by atomic mass is 9.84. The standard InChI is InChI=1S/C12H22N2O2/c1-6-12(7-2)11(16)13-9(8(3)4)10(15)14(12)5/h8-9H,6-7H2,1-5H3,(H,13,16). The van der Waals surface area contributed by atoms with E-state index < -0.39 is 5.54 Å². The molecule has 1 saturated heterocycles. The lowest BCUT2D eigenvalue weighted by Gasteiger charge is -2.46. The minimum Gasteiger partial charge on any atom is -0.342 e. The number of nitrogens with zero attached hydrogens (tertiary/aromatic N) is 1. The Morgan fingerprint density at radius 2 is 1.81 bits per heavy atom. The Hall–Kier alpha value is -1.06. The van der Waals surface area contributed by atoms with Gasteiger partial charge in [0.05, 0.1) is 0 Å². The van der Waals surface area contributed by atoms with Gasteiger partial charge in [0, 0.05) is 7.05 Å². The second-order valence-corrected chi connectivity index (χ2v) is 4.83. The minimum absolute atomic E-state index is 0.0155. The number of hydrogen-bond acceptors (Lipinski definition) is 2. The average molecular weight is 226 g/mol. The highest BCUT2D eigenvalue weighted by atomic mass is 16.2. The van der Waals surface area contributed by atoms with Gasteiger partial charge in [-0.05, 0) is 18.8 Å². The summed E-state index contributed by atoms with van der Waals surface area (Å²) in [6.07, 6.45) is 1.31. The molecule has 0 aliphatic carbocycles. The molecule has 0 aromatic heterocycles. The van der Waals surface area contributed by atoms with Crippen LogP contribution >= 0.6 is 0 Å². The molecule has 16 heavy (non-hydrogen) atoms. The molecule has 1 aliphatic rings. The molecule has 2 amide bonds. The van der Waals surface area contributed by atoms with Crippen LogP contribution in [-0.2, 0) is 9.59 Å². The summed E-state index contributed by atoms with van der Waals surface area (Å²) in [6.45, 7) is 7.79. The molecule has 0 bridgehead atoms. The fourth-order valence-electron chi connectivity index (χ4n) is 2.41. The number of rotatable bonds is 3. The van der Waals surface area contributed by atoms with E-state index in [1.807, 2.05) is 27.7 Å². The number of amides is 2. The first-order chi connectivity index (χ1) is 7.40. The summed E-state index contributed by atoms with van der Waals surface area (Å²) in [5.41, 5.74) is -0.650. The predicted octanol–water partition coefficient (Wildman–Crippen LogP) is 1.16. The van der Waals surface area contributed by atoms with Crippen molar-refractivity contribution in [1.29, 1.82) is 0 Å². The van der Waals surface area contributed by atoms with Crippen LogP contribution in [0.1, 0.15) is 40.5 Å². The SMILES string of the molecule is CCC1(CC)C(=O)NC(C(C)C)C(=O)N1C. The van der Waals surface area contributed by atoms with Gasteiger partial charge in [-0.2, -0.15) is 0 Å². The fraction of sp³-hybridized carbons (Fsp3) is 0.833. The van der Waals surface area contributed by atoms with E-state index in [1.165, 1.54) is 0 Å². The second-order valence-electron chi connectivity index (χ2n) is 4.83. The molecule has 1 aliphatic heterocycles. The van der Waals surface area contributed by atoms with Crippen LogP contribution in [-0.4, -0.2) is 35.3 Å². The molecule has 1 fully saturated rings. The van der Waals surface area contributed by atoms with Crippen molar-refractivity contribution in [2.75, 3.05) is 7.05 Å². The van der Waals surface area contributed by atoms with E-state index in [-0.39, 0.29) is 23.8 Å². The first kappa shape index (κ1) is 13.0. The van der Waals surface area contributed by atoms with Gasteiger partial charge in [0.1, 0.15) is 11.6 Å². The Balaban J connectivity index is 3.05. The van der Waals surface area contributed by atoms with Gasteiger partial charge < -0.3 is 10.2 Å². The van der Waals surface area contributed by atoms with Crippen LogP contribution in [0.25, 0.3) is 0 Å². The molecular formula is C12H22N2O2. The molecule has 0 radical (unpaired) electrons. The van der Waals surface area contributed by atoms with Crippen molar-refractivity contribution in [2.45, 2.75) is 52.1 Å². The van der Waals surface area contributed by atoms with Crippen molar-refractivity contribution in [3.8, 4) is 0 Å². The lowest BCUT2D eigenvalue weighted by Crippen LogP contribution is -2.70. The predicted molar refractivity (Wildman–Crippen MR) is 62.9 cm³/mol. The second kappa shape index (κ2) is 4.44. The molecule has 92 valence electrons.